The zero-order chi connectivity index (χ0) is 15.0. The lowest BCUT2D eigenvalue weighted by molar-refractivity contribution is 0.0696. The topological polar surface area (TPSA) is 74.7 Å². The Kier molecular flexibility index (Phi) is 3.59. The van der Waals surface area contributed by atoms with Crippen LogP contribution < -0.4 is 0 Å². The van der Waals surface area contributed by atoms with E-state index in [0.717, 1.165) is 25.9 Å². The molecule has 1 N–H and O–H groups in total. The normalized spacial score (nSPS) is 20.9. The van der Waals surface area contributed by atoms with E-state index in [9.17, 15) is 13.2 Å². The minimum Gasteiger partial charge on any atom is -0.478 e. The average Bonchev–Trinajstić information content (AvgIpc) is 2.71. The van der Waals surface area contributed by atoms with Gasteiger partial charge in [0.05, 0.1) is 15.4 Å². The van der Waals surface area contributed by atoms with Crippen LogP contribution in [-0.4, -0.2) is 44.0 Å². The number of sulfone groups is 1. The molecule has 1 aromatic rings. The molecule has 1 saturated heterocycles. The predicted molar refractivity (Wildman–Crippen MR) is 78.9 cm³/mol. The van der Waals surface area contributed by atoms with Gasteiger partial charge in [-0.1, -0.05) is 6.42 Å². The molecular formula is C15H17NO4S. The van der Waals surface area contributed by atoms with Gasteiger partial charge in [-0.3, -0.25) is 4.90 Å². The molecule has 5 nitrogen and oxygen atoms in total. The van der Waals surface area contributed by atoms with Gasteiger partial charge in [0.15, 0.2) is 0 Å². The number of hydrogen-bond donors (Lipinski definition) is 1. The third-order valence-electron chi connectivity index (χ3n) is 4.04. The zero-order valence-corrected chi connectivity index (χ0v) is 12.4. The summed E-state index contributed by atoms with van der Waals surface area (Å²) in [4.78, 5) is 13.7. The third kappa shape index (κ3) is 2.61. The van der Waals surface area contributed by atoms with Crippen molar-refractivity contribution in [1.29, 1.82) is 0 Å². The Morgan fingerprint density at radius 3 is 2.57 bits per heavy atom. The van der Waals surface area contributed by atoms with Crippen molar-refractivity contribution in [1.82, 2.24) is 4.90 Å². The van der Waals surface area contributed by atoms with Gasteiger partial charge in [0, 0.05) is 6.54 Å². The Balaban J connectivity index is 1.91. The van der Waals surface area contributed by atoms with E-state index >= 15 is 0 Å². The van der Waals surface area contributed by atoms with Crippen molar-refractivity contribution >= 4 is 21.9 Å². The molecular weight excluding hydrogens is 290 g/mol. The Labute approximate surface area is 123 Å². The van der Waals surface area contributed by atoms with Gasteiger partial charge < -0.3 is 5.11 Å². The van der Waals surface area contributed by atoms with Crippen molar-refractivity contribution in [2.45, 2.75) is 24.2 Å². The molecule has 0 spiro atoms. The minimum atomic E-state index is -3.46. The van der Waals surface area contributed by atoms with Crippen LogP contribution in [0.5, 0.6) is 0 Å². The van der Waals surface area contributed by atoms with Gasteiger partial charge in [-0.2, -0.15) is 0 Å². The van der Waals surface area contributed by atoms with Crippen molar-refractivity contribution in [2.24, 2.45) is 0 Å². The lowest BCUT2D eigenvalue weighted by atomic mass is 10.1. The summed E-state index contributed by atoms with van der Waals surface area (Å²) in [5.41, 5.74) is 0.598. The fourth-order valence-corrected chi connectivity index (χ4v) is 4.49. The highest BCUT2D eigenvalue weighted by molar-refractivity contribution is 7.95. The molecule has 21 heavy (non-hydrogen) atoms. The van der Waals surface area contributed by atoms with E-state index in [4.69, 9.17) is 5.11 Å². The van der Waals surface area contributed by atoms with Crippen LogP contribution >= 0.6 is 0 Å². The summed E-state index contributed by atoms with van der Waals surface area (Å²) in [6, 6.07) is 4.17. The van der Waals surface area contributed by atoms with E-state index in [0.29, 0.717) is 17.0 Å². The molecule has 2 heterocycles. The van der Waals surface area contributed by atoms with Gasteiger partial charge in [0.2, 0.25) is 9.84 Å². The number of fused-ring (bicyclic) bond motifs is 1. The summed E-state index contributed by atoms with van der Waals surface area (Å²) in [5, 5.41) is 8.99. The summed E-state index contributed by atoms with van der Waals surface area (Å²) < 4.78 is 25.0. The Morgan fingerprint density at radius 1 is 1.19 bits per heavy atom. The highest BCUT2D eigenvalue weighted by atomic mass is 32.2. The molecule has 2 aliphatic heterocycles. The summed E-state index contributed by atoms with van der Waals surface area (Å²) in [7, 11) is -3.46. The SMILES string of the molecule is O=C(O)c1ccc2c(c1)C=C(CN1CCCCC1)S2(=O)=O. The molecule has 112 valence electrons. The molecule has 3 rings (SSSR count). The van der Waals surface area contributed by atoms with E-state index < -0.39 is 15.8 Å². The fourth-order valence-electron chi connectivity index (χ4n) is 2.90. The van der Waals surface area contributed by atoms with Crippen LogP contribution in [0.3, 0.4) is 0 Å². The average molecular weight is 307 g/mol. The van der Waals surface area contributed by atoms with Gasteiger partial charge in [-0.15, -0.1) is 0 Å². The number of nitrogens with zero attached hydrogens (tertiary/aromatic N) is 1. The van der Waals surface area contributed by atoms with Gasteiger partial charge in [-0.25, -0.2) is 13.2 Å². The van der Waals surface area contributed by atoms with Crippen LogP contribution in [0.25, 0.3) is 6.08 Å². The van der Waals surface area contributed by atoms with E-state index in [2.05, 4.69) is 4.90 Å². The number of carboxylic acid groups (broad SMARTS) is 1. The minimum absolute atomic E-state index is 0.111. The molecule has 0 bridgehead atoms. The second-order valence-electron chi connectivity index (χ2n) is 5.51. The van der Waals surface area contributed by atoms with Crippen molar-refractivity contribution < 1.29 is 18.3 Å². The van der Waals surface area contributed by atoms with Gasteiger partial charge in [0.25, 0.3) is 0 Å². The number of carboxylic acids is 1. The van der Waals surface area contributed by atoms with Crippen molar-refractivity contribution in [3.63, 3.8) is 0 Å². The largest absolute Gasteiger partial charge is 0.478 e. The quantitative estimate of drug-likeness (QED) is 0.924. The first kappa shape index (κ1) is 14.3. The maximum atomic E-state index is 12.5. The molecule has 0 aliphatic carbocycles. The van der Waals surface area contributed by atoms with Crippen LogP contribution in [0.2, 0.25) is 0 Å². The van der Waals surface area contributed by atoms with Crippen LogP contribution in [0, 0.1) is 0 Å². The predicted octanol–water partition coefficient (Wildman–Crippen LogP) is 2.00. The highest BCUT2D eigenvalue weighted by Crippen LogP contribution is 2.34. The number of benzene rings is 1. The first-order valence-corrected chi connectivity index (χ1v) is 8.52. The number of carbonyl (C=O) groups is 1. The maximum Gasteiger partial charge on any atom is 0.335 e. The molecule has 6 heteroatoms. The molecule has 0 unspecified atom stereocenters. The van der Waals surface area contributed by atoms with Crippen molar-refractivity contribution in [2.75, 3.05) is 19.6 Å². The lowest BCUT2D eigenvalue weighted by Gasteiger charge is -2.26. The van der Waals surface area contributed by atoms with E-state index in [1.165, 1.54) is 24.6 Å². The van der Waals surface area contributed by atoms with Gasteiger partial charge in [0.1, 0.15) is 0 Å². The lowest BCUT2D eigenvalue weighted by Crippen LogP contribution is -2.32. The second-order valence-corrected chi connectivity index (χ2v) is 7.48. The second kappa shape index (κ2) is 5.27. The van der Waals surface area contributed by atoms with Crippen molar-refractivity contribution in [3.05, 3.63) is 34.2 Å². The molecule has 2 aliphatic rings. The number of likely N-dealkylation sites (tertiary alicyclic amines) is 1. The third-order valence-corrected chi connectivity index (χ3v) is 5.92. The smallest absolute Gasteiger partial charge is 0.335 e. The van der Waals surface area contributed by atoms with Crippen molar-refractivity contribution in [3.8, 4) is 0 Å². The zero-order valence-electron chi connectivity index (χ0n) is 11.6. The summed E-state index contributed by atoms with van der Waals surface area (Å²) in [6.07, 6.45) is 5.02. The van der Waals surface area contributed by atoms with E-state index in [1.54, 1.807) is 6.08 Å². The molecule has 0 radical (unpaired) electrons. The number of piperidine rings is 1. The molecule has 1 aromatic carbocycles. The van der Waals surface area contributed by atoms with E-state index in [1.807, 2.05) is 0 Å². The van der Waals surface area contributed by atoms with Crippen LogP contribution in [-0.2, 0) is 9.84 Å². The summed E-state index contributed by atoms with van der Waals surface area (Å²) in [5.74, 6) is -1.05. The molecule has 0 amide bonds. The Morgan fingerprint density at radius 2 is 1.90 bits per heavy atom. The molecule has 0 atom stereocenters. The summed E-state index contributed by atoms with van der Waals surface area (Å²) in [6.45, 7) is 2.26. The number of aromatic carboxylic acids is 1. The monoisotopic (exact) mass is 307 g/mol. The molecule has 0 saturated carbocycles. The standard InChI is InChI=1S/C15H17NO4S/c17-15(18)11-4-5-14-12(8-11)9-13(21(14,19)20)10-16-6-2-1-3-7-16/h4-5,8-9H,1-3,6-7,10H2,(H,17,18). The highest BCUT2D eigenvalue weighted by Gasteiger charge is 2.31. The first-order chi connectivity index (χ1) is 9.98. The molecule has 0 aromatic heterocycles. The Bertz CT molecular complexity index is 715. The number of hydrogen-bond acceptors (Lipinski definition) is 4. The van der Waals surface area contributed by atoms with Crippen LogP contribution in [0.4, 0.5) is 0 Å². The first-order valence-electron chi connectivity index (χ1n) is 7.04. The maximum absolute atomic E-state index is 12.5. The summed E-state index contributed by atoms with van der Waals surface area (Å²) >= 11 is 0. The Hall–Kier alpha value is -1.66. The van der Waals surface area contributed by atoms with Crippen LogP contribution in [0.15, 0.2) is 28.0 Å². The van der Waals surface area contributed by atoms with Crippen LogP contribution in [0.1, 0.15) is 35.2 Å². The van der Waals surface area contributed by atoms with Gasteiger partial charge in [-0.05, 0) is 55.8 Å². The van der Waals surface area contributed by atoms with E-state index in [-0.39, 0.29) is 10.5 Å². The fraction of sp³-hybridized carbons (Fsp3) is 0.400. The van der Waals surface area contributed by atoms with Gasteiger partial charge >= 0.3 is 5.97 Å². The molecule has 1 fully saturated rings. The number of rotatable bonds is 3.